The van der Waals surface area contributed by atoms with Crippen molar-refractivity contribution in [3.8, 4) is 5.75 Å². The van der Waals surface area contributed by atoms with Crippen molar-refractivity contribution in [1.29, 1.82) is 0 Å². The third-order valence-corrected chi connectivity index (χ3v) is 5.00. The molecule has 0 bridgehead atoms. The van der Waals surface area contributed by atoms with Crippen molar-refractivity contribution in [2.75, 3.05) is 23.9 Å². The first kappa shape index (κ1) is 19.3. The third kappa shape index (κ3) is 4.73. The zero-order valence-corrected chi connectivity index (χ0v) is 15.2. The molecule has 1 aliphatic heterocycles. The monoisotopic (exact) mass is 367 g/mol. The number of hydrogen-bond acceptors (Lipinski definition) is 6. The average Bonchev–Trinajstić information content (AvgIpc) is 2.88. The summed E-state index contributed by atoms with van der Waals surface area (Å²) in [5, 5.41) is -0.502. The SMILES string of the molecule is CCOC(=O)[C@H]([NH3+])CS[C@H]1CC(=O)N(c2ccc(OCC)cc2)C1=O. The van der Waals surface area contributed by atoms with Crippen molar-refractivity contribution < 1.29 is 29.6 Å². The molecule has 0 spiro atoms. The minimum atomic E-state index is -0.563. The number of hydrogen-bond donors (Lipinski definition) is 1. The van der Waals surface area contributed by atoms with E-state index in [2.05, 4.69) is 5.73 Å². The van der Waals surface area contributed by atoms with Crippen molar-refractivity contribution >= 4 is 35.2 Å². The van der Waals surface area contributed by atoms with Gasteiger partial charge in [-0.15, -0.1) is 11.8 Å². The van der Waals surface area contributed by atoms with Crippen LogP contribution in [0.4, 0.5) is 5.69 Å². The van der Waals surface area contributed by atoms with Crippen LogP contribution in [0.1, 0.15) is 20.3 Å². The topological polar surface area (TPSA) is 101 Å². The second-order valence-electron chi connectivity index (χ2n) is 5.47. The molecule has 3 N–H and O–H groups in total. The Hall–Kier alpha value is -2.06. The molecule has 1 saturated heterocycles. The Labute approximate surface area is 150 Å². The quantitative estimate of drug-likeness (QED) is 0.534. The van der Waals surface area contributed by atoms with Gasteiger partial charge in [0.25, 0.3) is 0 Å². The van der Waals surface area contributed by atoms with E-state index in [-0.39, 0.29) is 18.2 Å². The highest BCUT2D eigenvalue weighted by Crippen LogP contribution is 2.30. The van der Waals surface area contributed by atoms with E-state index in [1.807, 2.05) is 6.92 Å². The summed E-state index contributed by atoms with van der Waals surface area (Å²) in [5.41, 5.74) is 4.27. The molecule has 8 heteroatoms. The van der Waals surface area contributed by atoms with E-state index < -0.39 is 17.3 Å². The number of benzene rings is 1. The average molecular weight is 367 g/mol. The lowest BCUT2D eigenvalue weighted by Crippen LogP contribution is -2.66. The number of esters is 1. The molecule has 2 rings (SSSR count). The second-order valence-corrected chi connectivity index (χ2v) is 6.71. The zero-order valence-electron chi connectivity index (χ0n) is 14.4. The fourth-order valence-electron chi connectivity index (χ4n) is 2.42. The fourth-order valence-corrected chi connectivity index (χ4v) is 3.53. The van der Waals surface area contributed by atoms with Gasteiger partial charge in [0.05, 0.1) is 29.9 Å². The van der Waals surface area contributed by atoms with Gasteiger partial charge < -0.3 is 15.2 Å². The number of anilines is 1. The van der Waals surface area contributed by atoms with E-state index in [1.54, 1.807) is 31.2 Å². The molecule has 0 aromatic heterocycles. The summed E-state index contributed by atoms with van der Waals surface area (Å²) in [5.74, 6) is 0.110. The number of ether oxygens (including phenoxy) is 2. The molecule has 2 atom stereocenters. The van der Waals surface area contributed by atoms with Crippen LogP contribution in [-0.4, -0.2) is 48.0 Å². The summed E-state index contributed by atoms with van der Waals surface area (Å²) < 4.78 is 10.3. The molecule has 0 radical (unpaired) electrons. The van der Waals surface area contributed by atoms with E-state index in [1.165, 1.54) is 16.7 Å². The third-order valence-electron chi connectivity index (χ3n) is 3.63. The fraction of sp³-hybridized carbons (Fsp3) is 0.471. The number of rotatable bonds is 8. The lowest BCUT2D eigenvalue weighted by molar-refractivity contribution is -0.401. The van der Waals surface area contributed by atoms with E-state index >= 15 is 0 Å². The lowest BCUT2D eigenvalue weighted by atomic mass is 10.3. The Morgan fingerprint density at radius 1 is 1.28 bits per heavy atom. The van der Waals surface area contributed by atoms with Gasteiger partial charge in [0.1, 0.15) is 5.75 Å². The highest BCUT2D eigenvalue weighted by Gasteiger charge is 2.40. The zero-order chi connectivity index (χ0) is 18.4. The number of carbonyl (C=O) groups excluding carboxylic acids is 3. The van der Waals surface area contributed by atoms with Gasteiger partial charge in [-0.3, -0.25) is 9.59 Å². The van der Waals surface area contributed by atoms with Crippen LogP contribution in [0, 0.1) is 0 Å². The van der Waals surface area contributed by atoms with Crippen LogP contribution in [0.15, 0.2) is 24.3 Å². The highest BCUT2D eigenvalue weighted by molar-refractivity contribution is 8.00. The molecule has 136 valence electrons. The molecule has 1 aromatic carbocycles. The number of thioether (sulfide) groups is 1. The summed E-state index contributed by atoms with van der Waals surface area (Å²) in [6.07, 6.45) is 0.117. The van der Waals surface area contributed by atoms with Crippen molar-refractivity contribution in [3.63, 3.8) is 0 Å². The molecule has 0 unspecified atom stereocenters. The van der Waals surface area contributed by atoms with Crippen molar-refractivity contribution in [2.45, 2.75) is 31.6 Å². The van der Waals surface area contributed by atoms with Crippen molar-refractivity contribution in [3.05, 3.63) is 24.3 Å². The molecule has 0 aliphatic carbocycles. The van der Waals surface area contributed by atoms with Gasteiger partial charge >= 0.3 is 5.97 Å². The van der Waals surface area contributed by atoms with E-state index in [0.717, 1.165) is 0 Å². The standard InChI is InChI=1S/C17H22N2O5S/c1-3-23-12-7-5-11(6-8-12)19-15(20)9-14(16(19)21)25-10-13(18)17(22)24-4-2/h5-8,13-14H,3-4,9-10,18H2,1-2H3/p+1/t13-,14+/m1/s1. The van der Waals surface area contributed by atoms with Gasteiger partial charge in [-0.05, 0) is 38.1 Å². The first-order valence-electron chi connectivity index (χ1n) is 8.18. The van der Waals surface area contributed by atoms with Gasteiger partial charge in [-0.1, -0.05) is 0 Å². The number of nitrogens with zero attached hydrogens (tertiary/aromatic N) is 1. The van der Waals surface area contributed by atoms with Crippen LogP contribution >= 0.6 is 11.8 Å². The summed E-state index contributed by atoms with van der Waals surface area (Å²) in [6.45, 7) is 4.45. The Bertz CT molecular complexity index is 634. The Kier molecular flexibility index (Phi) is 6.83. The van der Waals surface area contributed by atoms with Gasteiger partial charge in [0.15, 0.2) is 6.04 Å². The van der Waals surface area contributed by atoms with Crippen LogP contribution in [0.5, 0.6) is 5.75 Å². The van der Waals surface area contributed by atoms with Gasteiger partial charge in [-0.25, -0.2) is 9.69 Å². The molecule has 1 aliphatic rings. The van der Waals surface area contributed by atoms with Gasteiger partial charge in [0, 0.05) is 6.42 Å². The van der Waals surface area contributed by atoms with Gasteiger partial charge in [0.2, 0.25) is 11.8 Å². The molecule has 25 heavy (non-hydrogen) atoms. The van der Waals surface area contributed by atoms with Crippen LogP contribution in [-0.2, 0) is 19.1 Å². The maximum atomic E-state index is 12.6. The van der Waals surface area contributed by atoms with E-state index in [0.29, 0.717) is 30.4 Å². The number of quaternary nitrogens is 1. The Balaban J connectivity index is 1.98. The normalized spacial score (nSPS) is 18.4. The molecular formula is C17H23N2O5S+. The van der Waals surface area contributed by atoms with E-state index in [9.17, 15) is 14.4 Å². The Morgan fingerprint density at radius 2 is 1.96 bits per heavy atom. The largest absolute Gasteiger partial charge is 0.494 e. The second kappa shape index (κ2) is 8.87. The molecule has 7 nitrogen and oxygen atoms in total. The summed E-state index contributed by atoms with van der Waals surface area (Å²) in [4.78, 5) is 37.6. The van der Waals surface area contributed by atoms with E-state index in [4.69, 9.17) is 9.47 Å². The van der Waals surface area contributed by atoms with Crippen LogP contribution in [0.3, 0.4) is 0 Å². The molecule has 0 saturated carbocycles. The first-order chi connectivity index (χ1) is 12.0. The maximum absolute atomic E-state index is 12.6. The molecule has 1 heterocycles. The predicted molar refractivity (Wildman–Crippen MR) is 94.3 cm³/mol. The number of amides is 2. The first-order valence-corrected chi connectivity index (χ1v) is 9.23. The minimum Gasteiger partial charge on any atom is -0.494 e. The predicted octanol–water partition coefficient (Wildman–Crippen LogP) is 0.624. The lowest BCUT2D eigenvalue weighted by Gasteiger charge is -2.15. The van der Waals surface area contributed by atoms with Crippen molar-refractivity contribution in [1.82, 2.24) is 0 Å². The van der Waals surface area contributed by atoms with Crippen LogP contribution in [0.25, 0.3) is 0 Å². The highest BCUT2D eigenvalue weighted by atomic mass is 32.2. The summed E-state index contributed by atoms with van der Waals surface area (Å²) in [6, 6.07) is 6.28. The minimum absolute atomic E-state index is 0.117. The van der Waals surface area contributed by atoms with Crippen LogP contribution in [0.2, 0.25) is 0 Å². The van der Waals surface area contributed by atoms with Crippen LogP contribution < -0.4 is 15.4 Å². The van der Waals surface area contributed by atoms with Crippen molar-refractivity contribution in [2.24, 2.45) is 0 Å². The molecular weight excluding hydrogens is 344 g/mol. The smallest absolute Gasteiger partial charge is 0.365 e. The summed E-state index contributed by atoms with van der Waals surface area (Å²) in [7, 11) is 0. The van der Waals surface area contributed by atoms with Gasteiger partial charge in [-0.2, -0.15) is 0 Å². The molecule has 1 fully saturated rings. The number of carbonyl (C=O) groups is 3. The number of imide groups is 1. The summed E-state index contributed by atoms with van der Waals surface area (Å²) >= 11 is 1.27. The Morgan fingerprint density at radius 3 is 2.56 bits per heavy atom. The molecule has 2 amide bonds. The molecule has 1 aromatic rings. The maximum Gasteiger partial charge on any atom is 0.365 e.